The Labute approximate surface area is 203 Å². The number of ether oxygens (including phenoxy) is 1. The van der Waals surface area contributed by atoms with Gasteiger partial charge in [-0.05, 0) is 30.2 Å². The zero-order chi connectivity index (χ0) is 25.6. The number of phenolic OH excluding ortho intramolecular Hbond substituents is 1. The van der Waals surface area contributed by atoms with Gasteiger partial charge < -0.3 is 29.7 Å². The Morgan fingerprint density at radius 2 is 1.86 bits per heavy atom. The van der Waals surface area contributed by atoms with Crippen molar-refractivity contribution in [1.82, 2.24) is 14.8 Å². The third kappa shape index (κ3) is 4.17. The summed E-state index contributed by atoms with van der Waals surface area (Å²) in [5, 5.41) is 22.5. The number of fused-ring (bicyclic) bond motifs is 2. The van der Waals surface area contributed by atoms with E-state index in [2.05, 4.69) is 5.32 Å². The van der Waals surface area contributed by atoms with Crippen molar-refractivity contribution in [2.45, 2.75) is 31.8 Å². The predicted octanol–water partition coefficient (Wildman–Crippen LogP) is 1.89. The van der Waals surface area contributed by atoms with Gasteiger partial charge in [0.05, 0.1) is 19.2 Å². The van der Waals surface area contributed by atoms with E-state index in [-0.39, 0.29) is 42.7 Å². The number of amides is 2. The number of carbonyl (C=O) groups excluding carboxylic acids is 2. The summed E-state index contributed by atoms with van der Waals surface area (Å²) in [7, 11) is 0. The zero-order valence-electron chi connectivity index (χ0n) is 18.8. The van der Waals surface area contributed by atoms with Gasteiger partial charge in [-0.15, -0.1) is 0 Å². The second-order valence-corrected chi connectivity index (χ2v) is 8.66. The Morgan fingerprint density at radius 1 is 1.11 bits per heavy atom. The van der Waals surface area contributed by atoms with Crippen molar-refractivity contribution in [1.29, 1.82) is 0 Å². The van der Waals surface area contributed by atoms with E-state index < -0.39 is 46.4 Å². The highest BCUT2D eigenvalue weighted by Gasteiger charge is 2.44. The lowest BCUT2D eigenvalue weighted by Crippen LogP contribution is -2.50. The van der Waals surface area contributed by atoms with Gasteiger partial charge in [0.25, 0.3) is 11.8 Å². The fraction of sp³-hybridized carbons (Fsp3) is 0.240. The van der Waals surface area contributed by atoms with Crippen LogP contribution in [0, 0.1) is 11.6 Å². The Morgan fingerprint density at radius 3 is 2.58 bits per heavy atom. The Hall–Kier alpha value is -4.25. The Kier molecular flexibility index (Phi) is 5.92. The normalized spacial score (nSPS) is 18.6. The number of nitrogens with zero attached hydrogens (tertiary/aromatic N) is 2. The van der Waals surface area contributed by atoms with Crippen LogP contribution in [0.2, 0.25) is 0 Å². The molecule has 11 heteroatoms. The monoisotopic (exact) mass is 497 g/mol. The summed E-state index contributed by atoms with van der Waals surface area (Å²) < 4.78 is 34.0. The van der Waals surface area contributed by atoms with Gasteiger partial charge in [0.1, 0.15) is 22.9 Å². The molecule has 0 unspecified atom stereocenters. The molecule has 0 radical (unpaired) electrons. The molecule has 5 rings (SSSR count). The van der Waals surface area contributed by atoms with Gasteiger partial charge >= 0.3 is 0 Å². The number of pyridine rings is 1. The van der Waals surface area contributed by atoms with Crippen LogP contribution in [-0.4, -0.2) is 50.4 Å². The molecule has 1 fully saturated rings. The minimum absolute atomic E-state index is 0.0110. The molecule has 9 nitrogen and oxygen atoms in total. The van der Waals surface area contributed by atoms with Crippen molar-refractivity contribution < 1.29 is 33.3 Å². The molecule has 2 atom stereocenters. The first-order valence-corrected chi connectivity index (χ1v) is 11.1. The summed E-state index contributed by atoms with van der Waals surface area (Å²) in [6.07, 6.45) is 0.936. The van der Waals surface area contributed by atoms with Crippen LogP contribution in [0.25, 0.3) is 0 Å². The number of benzene rings is 2. The van der Waals surface area contributed by atoms with E-state index in [1.165, 1.54) is 21.7 Å². The van der Waals surface area contributed by atoms with E-state index in [1.807, 2.05) is 0 Å². The topological polar surface area (TPSA) is 121 Å². The summed E-state index contributed by atoms with van der Waals surface area (Å²) in [4.78, 5) is 40.2. The summed E-state index contributed by atoms with van der Waals surface area (Å²) in [5.41, 5.74) is -0.846. The van der Waals surface area contributed by atoms with E-state index in [4.69, 9.17) is 4.74 Å². The first-order chi connectivity index (χ1) is 17.2. The Bertz CT molecular complexity index is 1420. The molecule has 2 aliphatic heterocycles. The van der Waals surface area contributed by atoms with Crippen LogP contribution in [0.3, 0.4) is 0 Å². The lowest BCUT2D eigenvalue weighted by atomic mass is 10.0. The van der Waals surface area contributed by atoms with Crippen LogP contribution in [0.5, 0.6) is 11.5 Å². The molecule has 36 heavy (non-hydrogen) atoms. The van der Waals surface area contributed by atoms with Gasteiger partial charge in [0.2, 0.25) is 5.43 Å². The lowest BCUT2D eigenvalue weighted by molar-refractivity contribution is 0.00575. The average molecular weight is 497 g/mol. The van der Waals surface area contributed by atoms with Crippen molar-refractivity contribution >= 4 is 11.8 Å². The van der Waals surface area contributed by atoms with Gasteiger partial charge in [-0.2, -0.15) is 0 Å². The lowest BCUT2D eigenvalue weighted by Gasteiger charge is -2.34. The van der Waals surface area contributed by atoms with Crippen molar-refractivity contribution in [3.05, 3.63) is 92.9 Å². The van der Waals surface area contributed by atoms with Crippen LogP contribution in [0.4, 0.5) is 8.78 Å². The number of hydrogen-bond acceptors (Lipinski definition) is 6. The second kappa shape index (κ2) is 9.08. The average Bonchev–Trinajstić information content (AvgIpc) is 3.24. The van der Waals surface area contributed by atoms with Crippen LogP contribution < -0.4 is 10.7 Å². The minimum atomic E-state index is -1.04. The largest absolute Gasteiger partial charge is 0.508 e. The third-order valence-electron chi connectivity index (χ3n) is 6.34. The summed E-state index contributed by atoms with van der Waals surface area (Å²) in [6, 6.07) is 9.07. The number of hydrogen-bond donors (Lipinski definition) is 3. The summed E-state index contributed by atoms with van der Waals surface area (Å²) in [5.74, 6) is -3.86. The van der Waals surface area contributed by atoms with Crippen molar-refractivity contribution in [3.8, 4) is 11.5 Å². The van der Waals surface area contributed by atoms with Gasteiger partial charge in [-0.3, -0.25) is 14.4 Å². The molecule has 0 spiro atoms. The fourth-order valence-electron chi connectivity index (χ4n) is 4.52. The molecule has 1 aromatic heterocycles. The predicted molar refractivity (Wildman–Crippen MR) is 121 cm³/mol. The molecule has 2 aliphatic rings. The molecule has 2 amide bonds. The maximum atomic E-state index is 13.9. The minimum Gasteiger partial charge on any atom is -0.508 e. The fourth-order valence-corrected chi connectivity index (χ4v) is 4.52. The van der Waals surface area contributed by atoms with Crippen LogP contribution in [0.1, 0.15) is 32.0 Å². The van der Waals surface area contributed by atoms with E-state index >= 15 is 0 Å². The highest BCUT2D eigenvalue weighted by molar-refractivity contribution is 5.99. The first kappa shape index (κ1) is 23.5. The molecular formula is C25H21F2N3O6. The highest BCUT2D eigenvalue weighted by atomic mass is 19.1. The second-order valence-electron chi connectivity index (χ2n) is 8.66. The molecule has 0 aliphatic carbocycles. The number of aromatic hydroxyl groups is 2. The number of rotatable bonds is 5. The first-order valence-electron chi connectivity index (χ1n) is 11.1. The van der Waals surface area contributed by atoms with Crippen LogP contribution in [0.15, 0.2) is 53.5 Å². The highest BCUT2D eigenvalue weighted by Crippen LogP contribution is 2.31. The van der Waals surface area contributed by atoms with E-state index in [1.54, 1.807) is 24.3 Å². The molecule has 3 aromatic rings. The van der Waals surface area contributed by atoms with Crippen LogP contribution in [-0.2, 0) is 24.2 Å². The zero-order valence-corrected chi connectivity index (χ0v) is 18.8. The third-order valence-corrected chi connectivity index (χ3v) is 6.34. The quantitative estimate of drug-likeness (QED) is 0.495. The van der Waals surface area contributed by atoms with E-state index in [0.29, 0.717) is 12.5 Å². The molecule has 0 saturated carbocycles. The number of nitrogens with one attached hydrogen (secondary N) is 1. The summed E-state index contributed by atoms with van der Waals surface area (Å²) >= 11 is 0. The van der Waals surface area contributed by atoms with Crippen LogP contribution >= 0.6 is 0 Å². The standard InChI is InChI=1S/C25H21F2N3O6/c26-15-4-3-14(19(27)8-15)9-28-24(34)18-10-29-11-20-30(25(35)21(29)23(33)22(18)32)16(12-36-20)7-13-1-5-17(31)6-2-13/h1-6,8,10,16,20,31,33H,7,9,11-12H2,(H,28,34)/t16-,20-/m0/s1. The van der Waals surface area contributed by atoms with Gasteiger partial charge in [-0.1, -0.05) is 18.2 Å². The molecule has 2 aromatic carbocycles. The maximum Gasteiger partial charge on any atom is 0.276 e. The van der Waals surface area contributed by atoms with E-state index in [0.717, 1.165) is 11.6 Å². The molecule has 0 bridgehead atoms. The van der Waals surface area contributed by atoms with E-state index in [9.17, 15) is 33.4 Å². The summed E-state index contributed by atoms with van der Waals surface area (Å²) in [6.45, 7) is -0.00838. The smallest absolute Gasteiger partial charge is 0.276 e. The van der Waals surface area contributed by atoms with Gasteiger partial charge in [0.15, 0.2) is 17.7 Å². The molecular weight excluding hydrogens is 476 g/mol. The molecule has 3 N–H and O–H groups in total. The molecule has 3 heterocycles. The Balaban J connectivity index is 1.38. The van der Waals surface area contributed by atoms with Gasteiger partial charge in [0, 0.05) is 24.4 Å². The molecule has 186 valence electrons. The number of aromatic nitrogens is 1. The SMILES string of the molecule is O=C(NCc1ccc(F)cc1F)c1cn2c(c(O)c1=O)C(=O)N1[C@@H](Cc3ccc(O)cc3)CO[C@H]1C2. The van der Waals surface area contributed by atoms with Crippen molar-refractivity contribution in [3.63, 3.8) is 0 Å². The maximum absolute atomic E-state index is 13.9. The van der Waals surface area contributed by atoms with Crippen molar-refractivity contribution in [2.24, 2.45) is 0 Å². The number of carbonyl (C=O) groups is 2. The van der Waals surface area contributed by atoms with Crippen molar-refractivity contribution in [2.75, 3.05) is 6.61 Å². The number of phenols is 1. The number of halogens is 2. The molecule has 1 saturated heterocycles. The van der Waals surface area contributed by atoms with Gasteiger partial charge in [-0.25, -0.2) is 8.78 Å².